The molecule has 13 nitrogen and oxygen atoms in total. The monoisotopic (exact) mass is 630 g/mol. The number of benzene rings is 3. The van der Waals surface area contributed by atoms with Crippen molar-refractivity contribution in [1.82, 2.24) is 15.4 Å². The number of carbonyl (C=O) groups is 3. The first-order valence-corrected chi connectivity index (χ1v) is 14.8. The van der Waals surface area contributed by atoms with Crippen molar-refractivity contribution in [3.63, 3.8) is 0 Å². The lowest BCUT2D eigenvalue weighted by molar-refractivity contribution is -0.384. The van der Waals surface area contributed by atoms with Gasteiger partial charge < -0.3 is 20.1 Å². The number of nitro groups is 1. The number of nitrogens with one attached hydrogen (secondary N) is 3. The topological polar surface area (TPSA) is 183 Å². The Morgan fingerprint density at radius 1 is 0.909 bits per heavy atom. The van der Waals surface area contributed by atoms with Crippen molar-refractivity contribution in [2.24, 2.45) is 0 Å². The number of hydrogen-bond acceptors (Lipinski definition) is 9. The van der Waals surface area contributed by atoms with Crippen LogP contribution in [-0.4, -0.2) is 63.4 Å². The van der Waals surface area contributed by atoms with Gasteiger partial charge in [-0.2, -0.15) is 4.72 Å². The first-order chi connectivity index (χ1) is 21.0. The van der Waals surface area contributed by atoms with Gasteiger partial charge in [-0.1, -0.05) is 60.7 Å². The van der Waals surface area contributed by atoms with Gasteiger partial charge in [0.1, 0.15) is 12.1 Å². The molecule has 15 heteroatoms. The molecule has 2 amide bonds. The highest BCUT2D eigenvalue weighted by Crippen LogP contribution is 2.29. The van der Waals surface area contributed by atoms with E-state index in [1.165, 1.54) is 6.92 Å². The summed E-state index contributed by atoms with van der Waals surface area (Å²) >= 11 is 0. The van der Waals surface area contributed by atoms with Crippen LogP contribution in [0.5, 0.6) is 0 Å². The van der Waals surface area contributed by atoms with E-state index in [4.69, 9.17) is 9.47 Å². The molecular weight excluding hydrogens is 599 g/mol. The van der Waals surface area contributed by atoms with Crippen LogP contribution in [0.4, 0.5) is 14.9 Å². The first-order valence-electron chi connectivity index (χ1n) is 13.3. The van der Waals surface area contributed by atoms with Crippen LogP contribution in [0.3, 0.4) is 0 Å². The second-order valence-corrected chi connectivity index (χ2v) is 11.0. The minimum atomic E-state index is -4.49. The van der Waals surface area contributed by atoms with Crippen molar-refractivity contribution in [2.75, 3.05) is 13.7 Å². The average Bonchev–Trinajstić information content (AvgIpc) is 3.01. The summed E-state index contributed by atoms with van der Waals surface area (Å²) in [5.74, 6) is -2.91. The number of sulfonamides is 1. The zero-order valence-corrected chi connectivity index (χ0v) is 24.5. The van der Waals surface area contributed by atoms with Crippen molar-refractivity contribution >= 4 is 33.7 Å². The Morgan fingerprint density at radius 3 is 1.93 bits per heavy atom. The summed E-state index contributed by atoms with van der Waals surface area (Å²) in [6, 6.07) is 18.0. The van der Waals surface area contributed by atoms with E-state index in [0.717, 1.165) is 31.4 Å². The third kappa shape index (κ3) is 9.05. The number of ether oxygens (including phenoxy) is 2. The lowest BCUT2D eigenvalue weighted by Crippen LogP contribution is -2.53. The van der Waals surface area contributed by atoms with E-state index in [0.29, 0.717) is 11.1 Å². The second kappa shape index (κ2) is 15.5. The Labute approximate surface area is 253 Å². The van der Waals surface area contributed by atoms with Crippen molar-refractivity contribution in [2.45, 2.75) is 42.5 Å². The molecule has 1 unspecified atom stereocenters. The van der Waals surface area contributed by atoms with E-state index in [2.05, 4.69) is 10.6 Å². The van der Waals surface area contributed by atoms with Crippen LogP contribution in [0, 0.1) is 10.1 Å². The lowest BCUT2D eigenvalue weighted by atomic mass is 9.84. The Bertz CT molecular complexity index is 1500. The van der Waals surface area contributed by atoms with Crippen molar-refractivity contribution in [3.8, 4) is 0 Å². The highest BCUT2D eigenvalue weighted by molar-refractivity contribution is 7.89. The largest absolute Gasteiger partial charge is 0.465 e. The van der Waals surface area contributed by atoms with Gasteiger partial charge in [-0.15, -0.1) is 0 Å². The fourth-order valence-corrected chi connectivity index (χ4v) is 5.53. The van der Waals surface area contributed by atoms with Crippen molar-refractivity contribution in [3.05, 3.63) is 106 Å². The SMILES string of the molecule is CCOC(=O)[C@H](CC(F)NC(=O)[C@@H](NC(=O)OC)C(c1ccccc1)c1ccccc1)NS(=O)(=O)c1ccc([N+](=O)[O-])cc1. The molecule has 234 valence electrons. The third-order valence-electron chi connectivity index (χ3n) is 6.36. The van der Waals surface area contributed by atoms with Gasteiger partial charge >= 0.3 is 12.1 Å². The number of methoxy groups -OCH3 is 1. The number of hydrogen-bond donors (Lipinski definition) is 3. The van der Waals surface area contributed by atoms with Crippen LogP contribution in [0.1, 0.15) is 30.4 Å². The molecule has 0 aliphatic carbocycles. The van der Waals surface area contributed by atoms with E-state index >= 15 is 4.39 Å². The number of rotatable bonds is 14. The molecule has 0 fully saturated rings. The molecule has 0 spiro atoms. The maximum Gasteiger partial charge on any atom is 0.407 e. The molecule has 0 aromatic heterocycles. The summed E-state index contributed by atoms with van der Waals surface area (Å²) in [5.41, 5.74) is 0.869. The van der Waals surface area contributed by atoms with Gasteiger partial charge in [-0.25, -0.2) is 17.6 Å². The van der Waals surface area contributed by atoms with Crippen molar-refractivity contribution < 1.29 is 41.6 Å². The van der Waals surface area contributed by atoms with Crippen LogP contribution in [0.2, 0.25) is 0 Å². The standard InChI is InChI=1S/C29H31FN4O9S/c1-3-43-28(36)23(33-44(40,41)22-16-14-21(15-17-22)34(38)39)18-24(30)31-27(35)26(32-29(37)42-2)25(19-10-6-4-7-11-19)20-12-8-5-9-13-20/h4-17,23-26,33H,3,18H2,1-2H3,(H,31,35)(H,32,37)/t23-,24?,26-/m0/s1. The molecule has 3 rings (SSSR count). The van der Waals surface area contributed by atoms with Crippen LogP contribution in [0.15, 0.2) is 89.8 Å². The first kappa shape index (κ1) is 33.6. The number of nitro benzene ring substituents is 1. The minimum Gasteiger partial charge on any atom is -0.465 e. The number of esters is 1. The smallest absolute Gasteiger partial charge is 0.407 e. The summed E-state index contributed by atoms with van der Waals surface area (Å²) < 4.78 is 53.0. The predicted octanol–water partition coefficient (Wildman–Crippen LogP) is 3.16. The molecule has 0 saturated carbocycles. The average molecular weight is 631 g/mol. The Morgan fingerprint density at radius 2 is 1.45 bits per heavy atom. The summed E-state index contributed by atoms with van der Waals surface area (Å²) in [6.45, 7) is 1.31. The number of nitrogens with zero attached hydrogens (tertiary/aromatic N) is 1. The number of non-ortho nitro benzene ring substituents is 1. The molecule has 0 heterocycles. The molecule has 3 atom stereocenters. The molecule has 3 aromatic carbocycles. The fraction of sp³-hybridized carbons (Fsp3) is 0.276. The predicted molar refractivity (Wildman–Crippen MR) is 156 cm³/mol. The van der Waals surface area contributed by atoms with Gasteiger partial charge in [0.2, 0.25) is 15.9 Å². The number of halogens is 1. The number of carbonyl (C=O) groups excluding carboxylic acids is 3. The zero-order valence-electron chi connectivity index (χ0n) is 23.7. The molecule has 44 heavy (non-hydrogen) atoms. The van der Waals surface area contributed by atoms with Gasteiger partial charge in [0, 0.05) is 24.5 Å². The molecule has 0 saturated heterocycles. The van der Waals surface area contributed by atoms with Crippen LogP contribution in [-0.2, 0) is 29.1 Å². The number of alkyl halides is 1. The number of amides is 2. The van der Waals surface area contributed by atoms with E-state index in [-0.39, 0.29) is 12.3 Å². The van der Waals surface area contributed by atoms with E-state index in [1.807, 2.05) is 4.72 Å². The summed E-state index contributed by atoms with van der Waals surface area (Å²) in [7, 11) is -3.39. The van der Waals surface area contributed by atoms with Gasteiger partial charge in [0.15, 0.2) is 6.30 Å². The zero-order chi connectivity index (χ0) is 32.3. The maximum absolute atomic E-state index is 15.5. The Kier molecular flexibility index (Phi) is 11.9. The molecule has 0 radical (unpaired) electrons. The Balaban J connectivity index is 1.87. The molecule has 0 bridgehead atoms. The molecule has 3 N–H and O–H groups in total. The molecule has 3 aromatic rings. The highest BCUT2D eigenvalue weighted by atomic mass is 32.2. The molecule has 0 aliphatic heterocycles. The fourth-order valence-electron chi connectivity index (χ4n) is 4.33. The normalized spacial score (nSPS) is 13.3. The van der Waals surface area contributed by atoms with Gasteiger partial charge in [-0.3, -0.25) is 19.7 Å². The quantitative estimate of drug-likeness (QED) is 0.104. The lowest BCUT2D eigenvalue weighted by Gasteiger charge is -2.29. The van der Waals surface area contributed by atoms with Crippen molar-refractivity contribution in [1.29, 1.82) is 0 Å². The maximum atomic E-state index is 15.5. The van der Waals surface area contributed by atoms with E-state index in [9.17, 15) is 32.9 Å². The minimum absolute atomic E-state index is 0.154. The van der Waals surface area contributed by atoms with Crippen LogP contribution < -0.4 is 15.4 Å². The summed E-state index contributed by atoms with van der Waals surface area (Å²) in [6.07, 6.45) is -4.15. The molecule has 0 aliphatic rings. The van der Waals surface area contributed by atoms with E-state index in [1.54, 1.807) is 60.7 Å². The van der Waals surface area contributed by atoms with Gasteiger partial charge in [-0.05, 0) is 30.2 Å². The van der Waals surface area contributed by atoms with E-state index < -0.39 is 68.5 Å². The second-order valence-electron chi connectivity index (χ2n) is 9.30. The van der Waals surface area contributed by atoms with Crippen LogP contribution >= 0.6 is 0 Å². The number of alkyl carbamates (subject to hydrolysis) is 1. The third-order valence-corrected chi connectivity index (χ3v) is 7.85. The van der Waals surface area contributed by atoms with Gasteiger partial charge in [0.25, 0.3) is 5.69 Å². The summed E-state index contributed by atoms with van der Waals surface area (Å²) in [5, 5.41) is 15.5. The molecular formula is C29H31FN4O9S. The van der Waals surface area contributed by atoms with Crippen LogP contribution in [0.25, 0.3) is 0 Å². The summed E-state index contributed by atoms with van der Waals surface area (Å²) in [4.78, 5) is 48.2. The highest BCUT2D eigenvalue weighted by Gasteiger charge is 2.36. The Hall–Kier alpha value is -4.89. The van der Waals surface area contributed by atoms with Gasteiger partial charge in [0.05, 0.1) is 23.5 Å².